The molecule has 148 valence electrons. The van der Waals surface area contributed by atoms with Gasteiger partial charge in [-0.1, -0.05) is 30.3 Å². The highest BCUT2D eigenvalue weighted by Crippen LogP contribution is 2.38. The Kier molecular flexibility index (Phi) is 5.47. The topological polar surface area (TPSA) is 56.7 Å². The smallest absolute Gasteiger partial charge is 0.233 e. The van der Waals surface area contributed by atoms with E-state index in [1.807, 2.05) is 35.2 Å². The third kappa shape index (κ3) is 3.69. The van der Waals surface area contributed by atoms with Gasteiger partial charge in [0.1, 0.15) is 0 Å². The van der Waals surface area contributed by atoms with Gasteiger partial charge in [-0.3, -0.25) is 9.78 Å². The van der Waals surface area contributed by atoms with E-state index in [9.17, 15) is 9.90 Å². The quantitative estimate of drug-likeness (QED) is 0.884. The second-order valence-corrected chi connectivity index (χ2v) is 8.35. The second kappa shape index (κ2) is 8.02. The Hall–Kier alpha value is -2.24. The Morgan fingerprint density at radius 1 is 1.11 bits per heavy atom. The summed E-state index contributed by atoms with van der Waals surface area (Å²) in [5, 5.41) is 10.6. The third-order valence-corrected chi connectivity index (χ3v) is 6.52. The second-order valence-electron chi connectivity index (χ2n) is 8.35. The molecular weight excluding hydrogens is 350 g/mol. The Morgan fingerprint density at radius 3 is 2.46 bits per heavy atom. The molecule has 0 unspecified atom stereocenters. The molecule has 0 radical (unpaired) electrons. The number of amides is 1. The number of aliphatic hydroxyl groups excluding tert-OH is 1. The van der Waals surface area contributed by atoms with Gasteiger partial charge >= 0.3 is 0 Å². The van der Waals surface area contributed by atoms with Crippen molar-refractivity contribution in [2.75, 3.05) is 33.2 Å². The van der Waals surface area contributed by atoms with Crippen molar-refractivity contribution in [2.45, 2.75) is 30.8 Å². The maximum atomic E-state index is 13.8. The summed E-state index contributed by atoms with van der Waals surface area (Å²) in [4.78, 5) is 22.0. The highest BCUT2D eigenvalue weighted by molar-refractivity contribution is 5.88. The summed E-state index contributed by atoms with van der Waals surface area (Å²) in [6.07, 6.45) is 5.51. The van der Waals surface area contributed by atoms with Crippen LogP contribution >= 0.6 is 0 Å². The number of rotatable bonds is 4. The highest BCUT2D eigenvalue weighted by Gasteiger charge is 2.47. The average Bonchev–Trinajstić information content (AvgIpc) is 3.10. The van der Waals surface area contributed by atoms with Gasteiger partial charge in [0, 0.05) is 31.4 Å². The number of benzene rings is 1. The van der Waals surface area contributed by atoms with Crippen LogP contribution in [0.2, 0.25) is 0 Å². The number of aromatic nitrogens is 1. The summed E-state index contributed by atoms with van der Waals surface area (Å²) < 4.78 is 0. The lowest BCUT2D eigenvalue weighted by molar-refractivity contribution is -0.138. The van der Waals surface area contributed by atoms with Crippen LogP contribution in [0.25, 0.3) is 0 Å². The van der Waals surface area contributed by atoms with Crippen molar-refractivity contribution in [2.24, 2.45) is 5.92 Å². The normalized spacial score (nSPS) is 25.0. The van der Waals surface area contributed by atoms with Crippen LogP contribution in [0, 0.1) is 5.92 Å². The van der Waals surface area contributed by atoms with E-state index in [1.54, 1.807) is 12.4 Å². The van der Waals surface area contributed by atoms with Crippen LogP contribution in [-0.2, 0) is 16.6 Å². The molecule has 0 spiro atoms. The van der Waals surface area contributed by atoms with E-state index in [4.69, 9.17) is 0 Å². The molecule has 4 rings (SSSR count). The molecule has 2 aromatic rings. The molecule has 3 heterocycles. The number of nitrogens with zero attached hydrogens (tertiary/aromatic N) is 3. The van der Waals surface area contributed by atoms with Gasteiger partial charge < -0.3 is 14.9 Å². The van der Waals surface area contributed by atoms with Gasteiger partial charge in [0.2, 0.25) is 5.91 Å². The number of likely N-dealkylation sites (tertiary alicyclic amines) is 2. The number of hydrogen-bond acceptors (Lipinski definition) is 4. The maximum Gasteiger partial charge on any atom is 0.233 e. The molecule has 2 atom stereocenters. The first kappa shape index (κ1) is 19.1. The first-order valence-electron chi connectivity index (χ1n) is 10.2. The van der Waals surface area contributed by atoms with Crippen molar-refractivity contribution in [3.8, 4) is 0 Å². The van der Waals surface area contributed by atoms with Crippen molar-refractivity contribution >= 4 is 5.91 Å². The summed E-state index contributed by atoms with van der Waals surface area (Å²) in [5.41, 5.74) is 1.80. The van der Waals surface area contributed by atoms with Crippen LogP contribution < -0.4 is 0 Å². The largest absolute Gasteiger partial charge is 0.391 e. The number of aliphatic hydroxyl groups is 1. The summed E-state index contributed by atoms with van der Waals surface area (Å²) in [6.45, 7) is 2.88. The zero-order valence-corrected chi connectivity index (χ0v) is 16.5. The SMILES string of the molecule is CN1CCC(C(=O)N2C[C@@H](Cc3ccncc3)[C@@H](O)C2)(c2ccccc2)CC1. The molecule has 2 aliphatic rings. The molecule has 2 saturated heterocycles. The van der Waals surface area contributed by atoms with Crippen molar-refractivity contribution in [3.63, 3.8) is 0 Å². The molecule has 0 aliphatic carbocycles. The van der Waals surface area contributed by atoms with Crippen molar-refractivity contribution in [1.29, 1.82) is 0 Å². The molecule has 1 amide bonds. The van der Waals surface area contributed by atoms with E-state index in [2.05, 4.69) is 29.1 Å². The third-order valence-electron chi connectivity index (χ3n) is 6.52. The zero-order valence-electron chi connectivity index (χ0n) is 16.5. The number of β-amino-alcohol motifs (C(OH)–C–C–N with tert-alkyl or cyclic N) is 1. The summed E-state index contributed by atoms with van der Waals surface area (Å²) in [7, 11) is 2.11. The van der Waals surface area contributed by atoms with E-state index in [-0.39, 0.29) is 11.8 Å². The van der Waals surface area contributed by atoms with Crippen LogP contribution in [0.1, 0.15) is 24.0 Å². The van der Waals surface area contributed by atoms with Gasteiger partial charge in [-0.2, -0.15) is 0 Å². The van der Waals surface area contributed by atoms with Crippen LogP contribution in [0.15, 0.2) is 54.9 Å². The van der Waals surface area contributed by atoms with Gasteiger partial charge in [-0.15, -0.1) is 0 Å². The van der Waals surface area contributed by atoms with E-state index < -0.39 is 11.5 Å². The fraction of sp³-hybridized carbons (Fsp3) is 0.478. The fourth-order valence-corrected chi connectivity index (χ4v) is 4.73. The van der Waals surface area contributed by atoms with Gasteiger partial charge in [0.25, 0.3) is 0 Å². The van der Waals surface area contributed by atoms with Crippen LogP contribution in [0.3, 0.4) is 0 Å². The minimum atomic E-state index is -0.476. The summed E-state index contributed by atoms with van der Waals surface area (Å²) >= 11 is 0. The van der Waals surface area contributed by atoms with Crippen LogP contribution in [0.5, 0.6) is 0 Å². The lowest BCUT2D eigenvalue weighted by Gasteiger charge is -2.42. The average molecular weight is 380 g/mol. The molecule has 1 aromatic heterocycles. The van der Waals surface area contributed by atoms with Gasteiger partial charge in [-0.25, -0.2) is 0 Å². The standard InChI is InChI=1S/C23H29N3O2/c1-25-13-9-23(10-14-25,20-5-3-2-4-6-20)22(28)26-16-19(21(27)17-26)15-18-7-11-24-12-8-18/h2-8,11-12,19,21,27H,9-10,13-17H2,1H3/t19-,21+/m1/s1. The molecule has 2 aliphatic heterocycles. The molecular formula is C23H29N3O2. The first-order chi connectivity index (χ1) is 13.6. The zero-order chi connectivity index (χ0) is 19.6. The number of pyridine rings is 1. The molecule has 1 N–H and O–H groups in total. The van der Waals surface area contributed by atoms with E-state index in [0.29, 0.717) is 13.1 Å². The molecule has 5 heteroatoms. The van der Waals surface area contributed by atoms with Gasteiger partial charge in [-0.05, 0) is 62.7 Å². The monoisotopic (exact) mass is 379 g/mol. The van der Waals surface area contributed by atoms with Gasteiger partial charge in [0.15, 0.2) is 0 Å². The lowest BCUT2D eigenvalue weighted by atomic mass is 9.71. The molecule has 1 aromatic carbocycles. The predicted octanol–water partition coefficient (Wildman–Crippen LogP) is 2.11. The molecule has 5 nitrogen and oxygen atoms in total. The Bertz CT molecular complexity index is 788. The number of carbonyl (C=O) groups is 1. The molecule has 28 heavy (non-hydrogen) atoms. The van der Waals surface area contributed by atoms with E-state index in [1.165, 1.54) is 0 Å². The van der Waals surface area contributed by atoms with Crippen LogP contribution in [-0.4, -0.2) is 65.1 Å². The number of hydrogen-bond donors (Lipinski definition) is 1. The summed E-state index contributed by atoms with van der Waals surface area (Å²) in [5.74, 6) is 0.258. The maximum absolute atomic E-state index is 13.8. The number of piperidine rings is 1. The molecule has 0 bridgehead atoms. The number of carbonyl (C=O) groups excluding carboxylic acids is 1. The highest BCUT2D eigenvalue weighted by atomic mass is 16.3. The first-order valence-corrected chi connectivity index (χ1v) is 10.2. The van der Waals surface area contributed by atoms with E-state index >= 15 is 0 Å². The molecule has 0 saturated carbocycles. The molecule has 2 fully saturated rings. The van der Waals surface area contributed by atoms with E-state index in [0.717, 1.165) is 43.5 Å². The Balaban J connectivity index is 1.54. The Morgan fingerprint density at radius 2 is 1.79 bits per heavy atom. The van der Waals surface area contributed by atoms with Crippen LogP contribution in [0.4, 0.5) is 0 Å². The predicted molar refractivity (Wildman–Crippen MR) is 109 cm³/mol. The minimum absolute atomic E-state index is 0.0745. The summed E-state index contributed by atoms with van der Waals surface area (Å²) in [6, 6.07) is 14.2. The van der Waals surface area contributed by atoms with Gasteiger partial charge in [0.05, 0.1) is 11.5 Å². The fourth-order valence-electron chi connectivity index (χ4n) is 4.73. The lowest BCUT2D eigenvalue weighted by Crippen LogP contribution is -2.52. The van der Waals surface area contributed by atoms with Crippen molar-refractivity contribution < 1.29 is 9.90 Å². The van der Waals surface area contributed by atoms with Crippen molar-refractivity contribution in [1.82, 2.24) is 14.8 Å². The Labute approximate surface area is 167 Å². The van der Waals surface area contributed by atoms with Crippen molar-refractivity contribution in [3.05, 3.63) is 66.0 Å². The minimum Gasteiger partial charge on any atom is -0.391 e.